The van der Waals surface area contributed by atoms with E-state index in [-0.39, 0.29) is 0 Å². The summed E-state index contributed by atoms with van der Waals surface area (Å²) < 4.78 is 5.44. The van der Waals surface area contributed by atoms with Crippen molar-refractivity contribution in [1.82, 2.24) is 0 Å². The van der Waals surface area contributed by atoms with E-state index in [1.165, 1.54) is 22.3 Å². The van der Waals surface area contributed by atoms with Crippen molar-refractivity contribution >= 4 is 0 Å². The SMILES string of the molecule is COc1c(C)c(C)cc(C)c1CCON. The molecular weight excluding hydrogens is 190 g/mol. The van der Waals surface area contributed by atoms with Gasteiger partial charge < -0.3 is 9.57 Å². The lowest BCUT2D eigenvalue weighted by Gasteiger charge is -2.16. The van der Waals surface area contributed by atoms with Gasteiger partial charge in [0.1, 0.15) is 5.75 Å². The molecule has 2 N–H and O–H groups in total. The van der Waals surface area contributed by atoms with E-state index in [0.29, 0.717) is 6.61 Å². The average Bonchev–Trinajstić information content (AvgIpc) is 2.21. The fourth-order valence-electron chi connectivity index (χ4n) is 1.85. The summed E-state index contributed by atoms with van der Waals surface area (Å²) in [5.74, 6) is 6.01. The molecule has 84 valence electrons. The van der Waals surface area contributed by atoms with Gasteiger partial charge in [0.15, 0.2) is 0 Å². The monoisotopic (exact) mass is 209 g/mol. The van der Waals surface area contributed by atoms with Gasteiger partial charge in [-0.15, -0.1) is 0 Å². The van der Waals surface area contributed by atoms with Crippen molar-refractivity contribution in [2.45, 2.75) is 27.2 Å². The van der Waals surface area contributed by atoms with Crippen LogP contribution in [0.25, 0.3) is 0 Å². The van der Waals surface area contributed by atoms with E-state index in [0.717, 1.165) is 12.2 Å². The smallest absolute Gasteiger partial charge is 0.125 e. The Bertz CT molecular complexity index is 348. The van der Waals surface area contributed by atoms with Gasteiger partial charge in [-0.05, 0) is 43.0 Å². The third-order valence-electron chi connectivity index (χ3n) is 2.79. The van der Waals surface area contributed by atoms with Gasteiger partial charge in [0.25, 0.3) is 0 Å². The minimum absolute atomic E-state index is 0.514. The van der Waals surface area contributed by atoms with E-state index < -0.39 is 0 Å². The van der Waals surface area contributed by atoms with Crippen molar-refractivity contribution in [2.75, 3.05) is 13.7 Å². The first-order chi connectivity index (χ1) is 7.11. The minimum atomic E-state index is 0.514. The van der Waals surface area contributed by atoms with E-state index >= 15 is 0 Å². The first-order valence-corrected chi connectivity index (χ1v) is 5.07. The highest BCUT2D eigenvalue weighted by Gasteiger charge is 2.11. The molecule has 1 aromatic rings. The second-order valence-corrected chi connectivity index (χ2v) is 3.77. The number of nitrogens with two attached hydrogens (primary N) is 1. The van der Waals surface area contributed by atoms with Crippen LogP contribution in [0.1, 0.15) is 22.3 Å². The van der Waals surface area contributed by atoms with Crippen LogP contribution in [0.4, 0.5) is 0 Å². The highest BCUT2D eigenvalue weighted by Crippen LogP contribution is 2.29. The molecule has 15 heavy (non-hydrogen) atoms. The van der Waals surface area contributed by atoms with Crippen LogP contribution in [-0.2, 0) is 11.3 Å². The standard InChI is InChI=1S/C12H19NO2/c1-8-7-9(2)11(5-6-15-13)12(14-4)10(8)3/h7H,5-6,13H2,1-4H3. The van der Waals surface area contributed by atoms with Crippen LogP contribution in [0.5, 0.6) is 5.75 Å². The molecule has 0 atom stereocenters. The molecule has 0 aromatic heterocycles. The molecule has 3 nitrogen and oxygen atoms in total. The van der Waals surface area contributed by atoms with E-state index in [2.05, 4.69) is 31.7 Å². The zero-order valence-electron chi connectivity index (χ0n) is 9.89. The molecule has 0 unspecified atom stereocenters. The summed E-state index contributed by atoms with van der Waals surface area (Å²) in [6, 6.07) is 2.17. The Labute approximate surface area is 91.1 Å². The second kappa shape index (κ2) is 5.14. The summed E-state index contributed by atoms with van der Waals surface area (Å²) in [6.07, 6.45) is 0.784. The molecule has 0 saturated carbocycles. The van der Waals surface area contributed by atoms with Crippen LogP contribution in [0.15, 0.2) is 6.07 Å². The Morgan fingerprint density at radius 3 is 2.40 bits per heavy atom. The predicted molar refractivity (Wildman–Crippen MR) is 61.0 cm³/mol. The summed E-state index contributed by atoms with van der Waals surface area (Å²) in [4.78, 5) is 4.61. The quantitative estimate of drug-likeness (QED) is 0.772. The lowest BCUT2D eigenvalue weighted by molar-refractivity contribution is 0.140. The van der Waals surface area contributed by atoms with Crippen LogP contribution in [0.3, 0.4) is 0 Å². The predicted octanol–water partition coefficient (Wildman–Crippen LogP) is 2.05. The zero-order valence-corrected chi connectivity index (χ0v) is 9.89. The van der Waals surface area contributed by atoms with Crippen molar-refractivity contribution < 1.29 is 9.57 Å². The van der Waals surface area contributed by atoms with Crippen LogP contribution in [0.2, 0.25) is 0 Å². The molecule has 0 aliphatic carbocycles. The van der Waals surface area contributed by atoms with Crippen LogP contribution in [-0.4, -0.2) is 13.7 Å². The fraction of sp³-hybridized carbons (Fsp3) is 0.500. The summed E-state index contributed by atoms with van der Waals surface area (Å²) in [7, 11) is 1.70. The molecular formula is C12H19NO2. The molecule has 0 aliphatic heterocycles. The van der Waals surface area contributed by atoms with E-state index in [1.54, 1.807) is 7.11 Å². The Morgan fingerprint density at radius 2 is 1.87 bits per heavy atom. The number of benzene rings is 1. The van der Waals surface area contributed by atoms with Gasteiger partial charge in [-0.25, -0.2) is 5.90 Å². The Balaban J connectivity index is 3.16. The van der Waals surface area contributed by atoms with E-state index in [9.17, 15) is 0 Å². The lowest BCUT2D eigenvalue weighted by Crippen LogP contribution is -2.07. The number of ether oxygens (including phenoxy) is 1. The second-order valence-electron chi connectivity index (χ2n) is 3.77. The number of hydrogen-bond donors (Lipinski definition) is 1. The molecule has 0 saturated heterocycles. The van der Waals surface area contributed by atoms with Crippen molar-refractivity contribution in [3.05, 3.63) is 28.3 Å². The van der Waals surface area contributed by atoms with Crippen LogP contribution in [0, 0.1) is 20.8 Å². The van der Waals surface area contributed by atoms with Crippen LogP contribution < -0.4 is 10.6 Å². The Morgan fingerprint density at radius 1 is 1.20 bits per heavy atom. The summed E-state index contributed by atoms with van der Waals surface area (Å²) in [5.41, 5.74) is 4.86. The van der Waals surface area contributed by atoms with Gasteiger partial charge in [-0.2, -0.15) is 0 Å². The normalized spacial score (nSPS) is 10.5. The van der Waals surface area contributed by atoms with Gasteiger partial charge in [0, 0.05) is 6.42 Å². The first kappa shape index (κ1) is 12.0. The average molecular weight is 209 g/mol. The topological polar surface area (TPSA) is 44.5 Å². The highest BCUT2D eigenvalue weighted by molar-refractivity contribution is 5.49. The van der Waals surface area contributed by atoms with E-state index in [1.807, 2.05) is 0 Å². The Hall–Kier alpha value is -1.06. The summed E-state index contributed by atoms with van der Waals surface area (Å²) in [5, 5.41) is 0. The molecule has 1 rings (SSSR count). The highest BCUT2D eigenvalue weighted by atomic mass is 16.6. The molecule has 1 aromatic carbocycles. The largest absolute Gasteiger partial charge is 0.496 e. The minimum Gasteiger partial charge on any atom is -0.496 e. The summed E-state index contributed by atoms with van der Waals surface area (Å²) >= 11 is 0. The molecule has 0 fully saturated rings. The first-order valence-electron chi connectivity index (χ1n) is 5.07. The zero-order chi connectivity index (χ0) is 11.4. The fourth-order valence-corrected chi connectivity index (χ4v) is 1.85. The maximum absolute atomic E-state index is 5.44. The van der Waals surface area contributed by atoms with Gasteiger partial charge in [-0.1, -0.05) is 6.07 Å². The molecule has 0 spiro atoms. The molecule has 0 aliphatic rings. The maximum atomic E-state index is 5.44. The van der Waals surface area contributed by atoms with Crippen molar-refractivity contribution in [1.29, 1.82) is 0 Å². The van der Waals surface area contributed by atoms with Crippen molar-refractivity contribution in [3.8, 4) is 5.75 Å². The number of aryl methyl sites for hydroxylation is 2. The number of hydrogen-bond acceptors (Lipinski definition) is 3. The lowest BCUT2D eigenvalue weighted by atomic mass is 9.97. The maximum Gasteiger partial charge on any atom is 0.125 e. The Kier molecular flexibility index (Phi) is 4.12. The van der Waals surface area contributed by atoms with Gasteiger partial charge in [-0.3, -0.25) is 0 Å². The summed E-state index contributed by atoms with van der Waals surface area (Å²) in [6.45, 7) is 6.76. The third-order valence-corrected chi connectivity index (χ3v) is 2.79. The van der Waals surface area contributed by atoms with E-state index in [4.69, 9.17) is 10.6 Å². The molecule has 0 bridgehead atoms. The van der Waals surface area contributed by atoms with Crippen LogP contribution >= 0.6 is 0 Å². The van der Waals surface area contributed by atoms with Gasteiger partial charge >= 0.3 is 0 Å². The van der Waals surface area contributed by atoms with Crippen molar-refractivity contribution in [3.63, 3.8) is 0 Å². The van der Waals surface area contributed by atoms with Gasteiger partial charge in [0.05, 0.1) is 13.7 Å². The van der Waals surface area contributed by atoms with Gasteiger partial charge in [0.2, 0.25) is 0 Å². The molecule has 0 heterocycles. The van der Waals surface area contributed by atoms with Crippen molar-refractivity contribution in [2.24, 2.45) is 5.90 Å². The third kappa shape index (κ3) is 2.49. The molecule has 3 heteroatoms. The molecule has 0 amide bonds. The molecule has 0 radical (unpaired) electrons. The number of rotatable bonds is 4. The number of methoxy groups -OCH3 is 1.